The van der Waals surface area contributed by atoms with E-state index in [2.05, 4.69) is 15.6 Å². The zero-order valence-electron chi connectivity index (χ0n) is 11.3. The summed E-state index contributed by atoms with van der Waals surface area (Å²) in [4.78, 5) is 14.9. The molecule has 0 bridgehead atoms. The van der Waals surface area contributed by atoms with Crippen molar-refractivity contribution in [1.29, 1.82) is 0 Å². The molecule has 0 radical (unpaired) electrons. The molecule has 0 unspecified atom stereocenters. The molecule has 0 aliphatic rings. The zero-order valence-corrected chi connectivity index (χ0v) is 11.3. The van der Waals surface area contributed by atoms with E-state index in [1.165, 1.54) is 0 Å². The Balaban J connectivity index is 1.77. The van der Waals surface area contributed by atoms with E-state index < -0.39 is 0 Å². The van der Waals surface area contributed by atoms with Gasteiger partial charge < -0.3 is 15.6 Å². The quantitative estimate of drug-likeness (QED) is 0.775. The molecule has 0 spiro atoms. The summed E-state index contributed by atoms with van der Waals surface area (Å²) in [6, 6.07) is 11.7. The largest absolute Gasteiger partial charge is 0.362 e. The normalized spacial score (nSPS) is 10.2. The van der Waals surface area contributed by atoms with E-state index >= 15 is 0 Å². The molecule has 1 aromatic heterocycles. The summed E-state index contributed by atoms with van der Waals surface area (Å²) < 4.78 is 0. The van der Waals surface area contributed by atoms with Crippen molar-refractivity contribution in [2.45, 2.75) is 26.9 Å². The predicted molar refractivity (Wildman–Crippen MR) is 75.8 cm³/mol. The van der Waals surface area contributed by atoms with Crippen LogP contribution in [-0.4, -0.2) is 11.0 Å². The molecule has 0 aliphatic carbocycles. The van der Waals surface area contributed by atoms with E-state index in [4.69, 9.17) is 0 Å². The van der Waals surface area contributed by atoms with Gasteiger partial charge in [0.1, 0.15) is 0 Å². The lowest BCUT2D eigenvalue weighted by molar-refractivity contribution is 0.240. The zero-order chi connectivity index (χ0) is 13.7. The number of hydrogen-bond donors (Lipinski definition) is 3. The molecule has 0 atom stereocenters. The number of aromatic nitrogens is 1. The van der Waals surface area contributed by atoms with Crippen molar-refractivity contribution in [1.82, 2.24) is 15.6 Å². The molecule has 0 fully saturated rings. The van der Waals surface area contributed by atoms with E-state index in [1.54, 1.807) is 0 Å². The first-order valence-electron chi connectivity index (χ1n) is 6.36. The lowest BCUT2D eigenvalue weighted by Gasteiger charge is -2.07. The van der Waals surface area contributed by atoms with E-state index in [-0.39, 0.29) is 6.03 Å². The Hall–Kier alpha value is -2.23. The molecule has 2 amide bonds. The Morgan fingerprint density at radius 2 is 1.79 bits per heavy atom. The Morgan fingerprint density at radius 1 is 1.11 bits per heavy atom. The highest BCUT2D eigenvalue weighted by molar-refractivity contribution is 5.73. The average molecular weight is 257 g/mol. The van der Waals surface area contributed by atoms with Gasteiger partial charge in [0.25, 0.3) is 0 Å². The van der Waals surface area contributed by atoms with Gasteiger partial charge in [-0.25, -0.2) is 4.79 Å². The number of benzene rings is 1. The first kappa shape index (κ1) is 13.2. The number of hydrogen-bond acceptors (Lipinski definition) is 1. The summed E-state index contributed by atoms with van der Waals surface area (Å²) in [5.74, 6) is 0. The number of carbonyl (C=O) groups is 1. The molecule has 100 valence electrons. The topological polar surface area (TPSA) is 56.9 Å². The average Bonchev–Trinajstić information content (AvgIpc) is 2.73. The van der Waals surface area contributed by atoms with Crippen molar-refractivity contribution in [2.75, 3.05) is 0 Å². The van der Waals surface area contributed by atoms with Gasteiger partial charge in [0.2, 0.25) is 0 Å². The van der Waals surface area contributed by atoms with Crippen LogP contribution in [0.2, 0.25) is 0 Å². The Labute approximate surface area is 113 Å². The van der Waals surface area contributed by atoms with Gasteiger partial charge in [0, 0.05) is 24.5 Å². The highest BCUT2D eigenvalue weighted by Crippen LogP contribution is 2.08. The molecule has 0 saturated carbocycles. The van der Waals surface area contributed by atoms with Crippen molar-refractivity contribution in [3.63, 3.8) is 0 Å². The lowest BCUT2D eigenvalue weighted by atomic mass is 10.2. The monoisotopic (exact) mass is 257 g/mol. The molecule has 2 rings (SSSR count). The van der Waals surface area contributed by atoms with Crippen LogP contribution in [0.5, 0.6) is 0 Å². The number of aromatic amines is 1. The van der Waals surface area contributed by atoms with Crippen LogP contribution in [0.25, 0.3) is 0 Å². The van der Waals surface area contributed by atoms with Gasteiger partial charge in [0.05, 0.1) is 0 Å². The highest BCUT2D eigenvalue weighted by Gasteiger charge is 2.04. The molecule has 1 heterocycles. The first-order valence-corrected chi connectivity index (χ1v) is 6.36. The fraction of sp³-hybridized carbons (Fsp3) is 0.267. The van der Waals surface area contributed by atoms with Crippen LogP contribution in [0.3, 0.4) is 0 Å². The Morgan fingerprint density at radius 3 is 2.42 bits per heavy atom. The van der Waals surface area contributed by atoms with Crippen molar-refractivity contribution >= 4 is 6.03 Å². The fourth-order valence-corrected chi connectivity index (χ4v) is 1.98. The fourth-order valence-electron chi connectivity index (χ4n) is 1.98. The number of rotatable bonds is 4. The van der Waals surface area contributed by atoms with Gasteiger partial charge in [-0.2, -0.15) is 0 Å². The summed E-state index contributed by atoms with van der Waals surface area (Å²) in [5, 5.41) is 5.69. The molecule has 19 heavy (non-hydrogen) atoms. The minimum Gasteiger partial charge on any atom is -0.362 e. The van der Waals surface area contributed by atoms with E-state index in [0.29, 0.717) is 13.1 Å². The minimum atomic E-state index is -0.151. The predicted octanol–water partition coefficient (Wildman–Crippen LogP) is 2.63. The second-order valence-electron chi connectivity index (χ2n) is 4.62. The van der Waals surface area contributed by atoms with Crippen LogP contribution < -0.4 is 10.6 Å². The molecular weight excluding hydrogens is 238 g/mol. The van der Waals surface area contributed by atoms with Gasteiger partial charge >= 0.3 is 6.03 Å². The summed E-state index contributed by atoms with van der Waals surface area (Å²) in [5.41, 5.74) is 4.42. The van der Waals surface area contributed by atoms with Crippen molar-refractivity contribution in [3.05, 3.63) is 58.9 Å². The molecular formula is C15H19N3O. The lowest BCUT2D eigenvalue weighted by Crippen LogP contribution is -2.34. The maximum atomic E-state index is 11.7. The molecule has 1 aromatic carbocycles. The molecule has 0 saturated heterocycles. The maximum absolute atomic E-state index is 11.7. The Kier molecular flexibility index (Phi) is 4.23. The number of carbonyl (C=O) groups excluding carboxylic acids is 1. The highest BCUT2D eigenvalue weighted by atomic mass is 16.2. The molecule has 2 aromatic rings. The summed E-state index contributed by atoms with van der Waals surface area (Å²) in [6.45, 7) is 5.09. The standard InChI is InChI=1S/C15H19N3O/c1-11-8-14(12(2)18-11)10-17-15(19)16-9-13-6-4-3-5-7-13/h3-8,18H,9-10H2,1-2H3,(H2,16,17,19). The number of H-pyrrole nitrogens is 1. The van der Waals surface area contributed by atoms with Crippen LogP contribution in [0.1, 0.15) is 22.5 Å². The van der Waals surface area contributed by atoms with Crippen molar-refractivity contribution in [3.8, 4) is 0 Å². The van der Waals surface area contributed by atoms with Gasteiger partial charge in [-0.1, -0.05) is 30.3 Å². The third-order valence-electron chi connectivity index (χ3n) is 2.99. The number of aryl methyl sites for hydroxylation is 2. The van der Waals surface area contributed by atoms with Crippen LogP contribution in [0, 0.1) is 13.8 Å². The van der Waals surface area contributed by atoms with Crippen LogP contribution in [0.4, 0.5) is 4.79 Å². The first-order chi connectivity index (χ1) is 9.15. The summed E-state index contributed by atoms with van der Waals surface area (Å²) >= 11 is 0. The van der Waals surface area contributed by atoms with Gasteiger partial charge in [0.15, 0.2) is 0 Å². The van der Waals surface area contributed by atoms with Crippen LogP contribution in [-0.2, 0) is 13.1 Å². The molecule has 4 nitrogen and oxygen atoms in total. The Bertz CT molecular complexity index is 546. The van der Waals surface area contributed by atoms with Crippen molar-refractivity contribution in [2.24, 2.45) is 0 Å². The molecule has 4 heteroatoms. The van der Waals surface area contributed by atoms with Gasteiger partial charge in [-0.15, -0.1) is 0 Å². The number of urea groups is 1. The van der Waals surface area contributed by atoms with Crippen LogP contribution in [0.15, 0.2) is 36.4 Å². The van der Waals surface area contributed by atoms with Gasteiger partial charge in [-0.3, -0.25) is 0 Å². The summed E-state index contributed by atoms with van der Waals surface area (Å²) in [7, 11) is 0. The van der Waals surface area contributed by atoms with E-state index in [9.17, 15) is 4.79 Å². The van der Waals surface area contributed by atoms with Crippen LogP contribution >= 0.6 is 0 Å². The third kappa shape index (κ3) is 3.88. The smallest absolute Gasteiger partial charge is 0.315 e. The molecule has 3 N–H and O–H groups in total. The van der Waals surface area contributed by atoms with E-state index in [0.717, 1.165) is 22.5 Å². The second kappa shape index (κ2) is 6.09. The second-order valence-corrected chi connectivity index (χ2v) is 4.62. The summed E-state index contributed by atoms with van der Waals surface area (Å²) in [6.07, 6.45) is 0. The van der Waals surface area contributed by atoms with Crippen molar-refractivity contribution < 1.29 is 4.79 Å². The van der Waals surface area contributed by atoms with E-state index in [1.807, 2.05) is 50.2 Å². The number of nitrogens with one attached hydrogen (secondary N) is 3. The molecule has 0 aliphatic heterocycles. The van der Waals surface area contributed by atoms with Gasteiger partial charge in [-0.05, 0) is 31.0 Å². The third-order valence-corrected chi connectivity index (χ3v) is 2.99. The SMILES string of the molecule is Cc1cc(CNC(=O)NCc2ccccc2)c(C)[nH]1. The minimum absolute atomic E-state index is 0.151. The maximum Gasteiger partial charge on any atom is 0.315 e. The number of amides is 2.